The molecule has 119 heavy (non-hydrogen) atoms. The number of carboxylic acid groups (broad SMARTS) is 2. The molecule has 6 aromatic heterocycles. The standard InChI is InChI=1S/C20H18O4.C20H16O3.C16H17NO6.C13H10O5.C13H12O3.C6H6O3.C3H9NO2/c21-17-11-12-23-19(13-18(22)16-9-5-2-6-10-16)20(17)24-14-15-7-3-1-4-8-15;21-18-13-14-22-19(12-11-16-7-3-1-4-8-16)20(18)23-15-17-9-5-2-6-10-17;18-9-12(19)8-17-7-6-13(20)15(14(17)16(21)22)23-10-11-4-2-1-3-5-11;14-10-6-7-17-12(13(15)16)11(10)18-8-9-4-2-1-3-5-9;1-10-13(12(14)7-8-15-10)16-9-11-5-3-2-4-6-11;1-4-6(8)5(7)2-3-9-4;4-1-3(6)2-5/h1-12,18,22H,13-14H2;1-14H,15H2;1-7,12,18-19H,8-10H2,(H,21,22);1-7H,8H2,(H,15,16);2-8H,9H2,1H3;2-3,8H,1H3;3,5-6H,1-2,4H2/b;12-11+;;;;;. The molecule has 0 saturated carbocycles. The summed E-state index contributed by atoms with van der Waals surface area (Å²) in [6.07, 6.45) is 8.76. The fourth-order valence-corrected chi connectivity index (χ4v) is 10.1. The van der Waals surface area contributed by atoms with Gasteiger partial charge in [-0.15, -0.1) is 0 Å². The normalized spacial score (nSPS) is 11.1. The van der Waals surface area contributed by atoms with Crippen molar-refractivity contribution >= 4 is 24.1 Å². The summed E-state index contributed by atoms with van der Waals surface area (Å²) < 4.78 is 54.0. The predicted molar refractivity (Wildman–Crippen MR) is 440 cm³/mol. The number of aryl methyl sites for hydroxylation is 2. The molecule has 28 nitrogen and oxygen atoms in total. The smallest absolute Gasteiger partial charge is 0.375 e. The number of carbonyl (C=O) groups is 2. The SMILES string of the molecule is Cc1occc(=O)c1O.Cc1occc(=O)c1OCc1ccccc1.NCC(O)CO.O=C(O)c1c(OCc2ccccc2)c(=O)ccn1CC(O)CO.O=C(O)c1occc(=O)c1OCc1ccccc1.O=c1ccoc(/C=C/c2ccccc2)c1OCc1ccccc1.O=c1ccoc(CC(O)c2ccccc2)c1OCc1ccccc1. The summed E-state index contributed by atoms with van der Waals surface area (Å²) in [6, 6.07) is 73.6. The average Bonchev–Trinajstić information content (AvgIpc) is 0.812. The molecule has 6 heterocycles. The van der Waals surface area contributed by atoms with Crippen molar-refractivity contribution in [2.24, 2.45) is 5.73 Å². The van der Waals surface area contributed by atoms with E-state index in [1.807, 2.05) is 194 Å². The molecule has 0 spiro atoms. The lowest BCUT2D eigenvalue weighted by Crippen LogP contribution is -2.26. The Morgan fingerprint density at radius 3 is 1.20 bits per heavy atom. The van der Waals surface area contributed by atoms with Crippen LogP contribution < -0.4 is 62.0 Å². The summed E-state index contributed by atoms with van der Waals surface area (Å²) in [5.41, 5.74) is 8.79. The van der Waals surface area contributed by atoms with Crippen LogP contribution in [-0.4, -0.2) is 89.3 Å². The summed E-state index contributed by atoms with van der Waals surface area (Å²) in [6.45, 7) is 3.55. The molecule has 0 radical (unpaired) electrons. The molecule has 10 N–H and O–H groups in total. The van der Waals surface area contributed by atoms with Crippen molar-refractivity contribution in [2.45, 2.75) is 78.2 Å². The summed E-state index contributed by atoms with van der Waals surface area (Å²) >= 11 is 0. The van der Waals surface area contributed by atoms with Gasteiger partial charge in [-0.2, -0.15) is 0 Å². The van der Waals surface area contributed by atoms with Crippen LogP contribution in [-0.2, 0) is 46.0 Å². The van der Waals surface area contributed by atoms with Crippen LogP contribution >= 0.6 is 0 Å². The molecular formula is C91H88N2O26. The summed E-state index contributed by atoms with van der Waals surface area (Å²) in [5, 5.41) is 72.1. The van der Waals surface area contributed by atoms with Crippen LogP contribution in [0.4, 0.5) is 0 Å². The highest BCUT2D eigenvalue weighted by Crippen LogP contribution is 2.25. The van der Waals surface area contributed by atoms with Gasteiger partial charge in [0.2, 0.25) is 61.3 Å². The maximum Gasteiger partial charge on any atom is 0.375 e. The lowest BCUT2D eigenvalue weighted by atomic mass is 10.0. The minimum absolute atomic E-state index is 0.0446. The lowest BCUT2D eigenvalue weighted by molar-refractivity contribution is 0.0635. The zero-order chi connectivity index (χ0) is 85.7. The number of nitrogens with zero attached hydrogens (tertiary/aromatic N) is 1. The van der Waals surface area contributed by atoms with Gasteiger partial charge in [0, 0.05) is 55.6 Å². The minimum atomic E-state index is -1.35. The first-order valence-electron chi connectivity index (χ1n) is 36.5. The highest BCUT2D eigenvalue weighted by atomic mass is 16.5. The highest BCUT2D eigenvalue weighted by molar-refractivity contribution is 5.89. The van der Waals surface area contributed by atoms with Gasteiger partial charge in [0.25, 0.3) is 5.76 Å². The monoisotopic (exact) mass is 1620 g/mol. The van der Waals surface area contributed by atoms with Crippen LogP contribution in [0.15, 0.2) is 337 Å². The molecule has 28 heteroatoms. The van der Waals surface area contributed by atoms with Gasteiger partial charge in [0.05, 0.1) is 69.4 Å². The third-order valence-electron chi connectivity index (χ3n) is 16.2. The quantitative estimate of drug-likeness (QED) is 0.0231. The van der Waals surface area contributed by atoms with Gasteiger partial charge in [-0.1, -0.05) is 218 Å². The van der Waals surface area contributed by atoms with E-state index in [0.717, 1.165) is 57.3 Å². The van der Waals surface area contributed by atoms with E-state index in [4.69, 9.17) is 72.6 Å². The Hall–Kier alpha value is -14.5. The van der Waals surface area contributed by atoms with Crippen LogP contribution in [0.1, 0.15) is 89.1 Å². The molecule has 0 saturated heterocycles. The minimum Gasteiger partial charge on any atom is -0.502 e. The summed E-state index contributed by atoms with van der Waals surface area (Å²) in [5.74, 6) is -1.89. The number of hydrogen-bond donors (Lipinski definition) is 9. The average molecular weight is 1630 g/mol. The molecule has 0 bridgehead atoms. The van der Waals surface area contributed by atoms with Gasteiger partial charge in [0.15, 0.2) is 23.0 Å². The number of rotatable bonds is 27. The molecule has 0 aliphatic rings. The van der Waals surface area contributed by atoms with Gasteiger partial charge < -0.3 is 96.9 Å². The number of nitrogens with two attached hydrogens (primary N) is 1. The van der Waals surface area contributed by atoms with Gasteiger partial charge in [-0.25, -0.2) is 9.59 Å². The maximum absolute atomic E-state index is 12.1. The Labute approximate surface area is 680 Å². The number of carboxylic acids is 2. The van der Waals surface area contributed by atoms with Crippen molar-refractivity contribution in [3.63, 3.8) is 0 Å². The molecular weight excluding hydrogens is 1540 g/mol. The van der Waals surface area contributed by atoms with E-state index in [1.54, 1.807) is 37.3 Å². The van der Waals surface area contributed by atoms with Crippen LogP contribution in [0, 0.1) is 13.8 Å². The molecule has 618 valence electrons. The molecule has 3 unspecified atom stereocenters. The molecule has 3 atom stereocenters. The maximum atomic E-state index is 12.1. The number of aliphatic hydroxyl groups is 5. The predicted octanol–water partition coefficient (Wildman–Crippen LogP) is 11.8. The number of aromatic carboxylic acids is 2. The van der Waals surface area contributed by atoms with E-state index in [1.165, 1.54) is 67.0 Å². The number of hydrogen-bond acceptors (Lipinski definition) is 25. The summed E-state index contributed by atoms with van der Waals surface area (Å²) in [7, 11) is 0. The van der Waals surface area contributed by atoms with Crippen LogP contribution in [0.3, 0.4) is 0 Å². The second kappa shape index (κ2) is 50.0. The van der Waals surface area contributed by atoms with Crippen LogP contribution in [0.25, 0.3) is 12.2 Å². The van der Waals surface area contributed by atoms with Gasteiger partial charge >= 0.3 is 11.9 Å². The molecule has 7 aromatic carbocycles. The largest absolute Gasteiger partial charge is 0.502 e. The fraction of sp³-hybridized carbons (Fsp3) is 0.165. The van der Waals surface area contributed by atoms with Crippen molar-refractivity contribution in [1.29, 1.82) is 0 Å². The zero-order valence-corrected chi connectivity index (χ0v) is 64.5. The number of aliphatic hydroxyl groups excluding tert-OH is 5. The Balaban J connectivity index is 0.000000197. The van der Waals surface area contributed by atoms with Crippen molar-refractivity contribution in [3.8, 4) is 34.5 Å². The van der Waals surface area contributed by atoms with E-state index in [-0.39, 0.29) is 108 Å². The van der Waals surface area contributed by atoms with Crippen molar-refractivity contribution in [1.82, 2.24) is 4.57 Å². The van der Waals surface area contributed by atoms with Gasteiger partial charge in [-0.05, 0) is 58.9 Å². The third kappa shape index (κ3) is 31.3. The summed E-state index contributed by atoms with van der Waals surface area (Å²) in [4.78, 5) is 92.0. The lowest BCUT2D eigenvalue weighted by Gasteiger charge is -2.16. The van der Waals surface area contributed by atoms with E-state index in [9.17, 15) is 53.7 Å². The van der Waals surface area contributed by atoms with Gasteiger partial charge in [0.1, 0.15) is 44.6 Å². The second-order valence-corrected chi connectivity index (χ2v) is 25.1. The van der Waals surface area contributed by atoms with Gasteiger partial charge in [-0.3, -0.25) is 28.8 Å². The number of ether oxygens (including phenoxy) is 5. The topological polar surface area (TPSA) is 441 Å². The number of aromatic nitrogens is 1. The van der Waals surface area contributed by atoms with Crippen molar-refractivity contribution < 1.29 is 96.2 Å². The molecule has 0 aliphatic heterocycles. The van der Waals surface area contributed by atoms with Crippen molar-refractivity contribution in [2.75, 3.05) is 19.8 Å². The first-order valence-corrected chi connectivity index (χ1v) is 36.5. The Morgan fingerprint density at radius 2 is 0.773 bits per heavy atom. The van der Waals surface area contributed by atoms with Crippen molar-refractivity contribution in [3.05, 3.63) is 421 Å². The van der Waals surface area contributed by atoms with E-state index < -0.39 is 58.9 Å². The first-order chi connectivity index (χ1) is 57.6. The van der Waals surface area contributed by atoms with E-state index >= 15 is 0 Å². The zero-order valence-electron chi connectivity index (χ0n) is 64.5. The second-order valence-electron chi connectivity index (χ2n) is 25.1. The molecule has 13 rings (SSSR count). The first kappa shape index (κ1) is 91.7. The number of pyridine rings is 1. The van der Waals surface area contributed by atoms with E-state index in [2.05, 4.69) is 4.42 Å². The fourth-order valence-electron chi connectivity index (χ4n) is 10.1. The molecule has 0 amide bonds. The third-order valence-corrected chi connectivity index (χ3v) is 16.2. The Morgan fingerprint density at radius 1 is 0.403 bits per heavy atom. The molecule has 0 fully saturated rings. The number of aromatic hydroxyl groups is 1. The molecule has 0 aliphatic carbocycles. The van der Waals surface area contributed by atoms with Crippen LogP contribution in [0.5, 0.6) is 34.5 Å². The van der Waals surface area contributed by atoms with Crippen LogP contribution in [0.2, 0.25) is 0 Å². The highest BCUT2D eigenvalue weighted by Gasteiger charge is 2.23. The molecule has 13 aromatic rings. The Bertz CT molecular complexity index is 5600. The Kier molecular flexibility index (Phi) is 38.5. The number of benzene rings is 7. The van der Waals surface area contributed by atoms with E-state index in [0.29, 0.717) is 30.5 Å².